The van der Waals surface area contributed by atoms with E-state index in [9.17, 15) is 19.8 Å². The Labute approximate surface area is 279 Å². The molecule has 2 unspecified atom stereocenters. The third-order valence-electron chi connectivity index (χ3n) is 9.32. The van der Waals surface area contributed by atoms with Gasteiger partial charge in [-0.1, -0.05) is 194 Å². The molecule has 0 spiro atoms. The van der Waals surface area contributed by atoms with Crippen LogP contribution in [0.1, 0.15) is 219 Å². The highest BCUT2D eigenvalue weighted by atomic mass is 35.5. The Morgan fingerprint density at radius 1 is 0.386 bits per heavy atom. The number of halogens is 1. The molecule has 262 valence electrons. The molecule has 4 nitrogen and oxygen atoms in total. The number of unbranched alkanes of at least 4 members (excludes halogenated alkanes) is 28. The molecule has 5 heteroatoms. The molecule has 0 bridgehead atoms. The zero-order valence-electron chi connectivity index (χ0n) is 29.4. The molecule has 0 saturated carbocycles. The van der Waals surface area contributed by atoms with Crippen molar-refractivity contribution in [3.63, 3.8) is 0 Å². The van der Waals surface area contributed by atoms with Crippen molar-refractivity contribution in [2.24, 2.45) is 0 Å². The third kappa shape index (κ3) is 27.8. The van der Waals surface area contributed by atoms with Crippen LogP contribution in [-0.4, -0.2) is 39.4 Å². The molecule has 0 aromatic carbocycles. The van der Waals surface area contributed by atoms with Crippen molar-refractivity contribution in [3.05, 3.63) is 0 Å². The minimum atomic E-state index is -1.48. The lowest BCUT2D eigenvalue weighted by molar-refractivity contribution is -0.133. The number of rotatable bonds is 36. The van der Waals surface area contributed by atoms with Crippen LogP contribution in [-0.2, 0) is 9.59 Å². The SMILES string of the molecule is CCCCCCCCCCCCCCCCCC(=O)C(O)C(Cl)C(O)C(=O)CCCCCCCCCCCCCCCCC. The zero-order valence-corrected chi connectivity index (χ0v) is 30.2. The highest BCUT2D eigenvalue weighted by Gasteiger charge is 2.33. The van der Waals surface area contributed by atoms with Gasteiger partial charge in [0.15, 0.2) is 11.6 Å². The monoisotopic (exact) mass is 643 g/mol. The average Bonchev–Trinajstić information content (AvgIpc) is 3.03. The standard InChI is InChI=1S/C39H75ClO4/c1-3-5-7-9-11-13-15-17-19-21-23-25-27-29-31-33-35(41)38(43)37(40)39(44)36(42)34-32-30-28-26-24-22-20-18-16-14-12-10-8-6-4-2/h37-39,43-44H,3-34H2,1-2H3. The van der Waals surface area contributed by atoms with Gasteiger partial charge < -0.3 is 10.2 Å². The van der Waals surface area contributed by atoms with Crippen LogP contribution in [0, 0.1) is 0 Å². The summed E-state index contributed by atoms with van der Waals surface area (Å²) >= 11 is 6.17. The maximum atomic E-state index is 12.4. The summed E-state index contributed by atoms with van der Waals surface area (Å²) in [5.41, 5.74) is 0. The van der Waals surface area contributed by atoms with Crippen LogP contribution in [0.25, 0.3) is 0 Å². The first-order valence-corrected chi connectivity index (χ1v) is 19.9. The van der Waals surface area contributed by atoms with Gasteiger partial charge in [-0.25, -0.2) is 0 Å². The quantitative estimate of drug-likeness (QED) is 0.0526. The lowest BCUT2D eigenvalue weighted by Crippen LogP contribution is -2.42. The Kier molecular flexibility index (Phi) is 33.6. The molecule has 0 fully saturated rings. The smallest absolute Gasteiger partial charge is 0.162 e. The van der Waals surface area contributed by atoms with Gasteiger partial charge >= 0.3 is 0 Å². The molecule has 2 N–H and O–H groups in total. The Balaban J connectivity index is 3.65. The molecular formula is C39H75ClO4. The first kappa shape index (κ1) is 43.5. The summed E-state index contributed by atoms with van der Waals surface area (Å²) in [6, 6.07) is 0. The number of alkyl halides is 1. The van der Waals surface area contributed by atoms with Gasteiger partial charge in [0.2, 0.25) is 0 Å². The number of Topliss-reactive ketones (excluding diaryl/α,β-unsaturated/α-hetero) is 2. The molecule has 0 heterocycles. The van der Waals surface area contributed by atoms with E-state index in [0.717, 1.165) is 38.5 Å². The van der Waals surface area contributed by atoms with Crippen molar-refractivity contribution in [1.29, 1.82) is 0 Å². The van der Waals surface area contributed by atoms with E-state index in [-0.39, 0.29) is 24.4 Å². The Morgan fingerprint density at radius 2 is 0.568 bits per heavy atom. The van der Waals surface area contributed by atoms with Crippen LogP contribution in [0.4, 0.5) is 0 Å². The molecule has 0 aliphatic rings. The van der Waals surface area contributed by atoms with Crippen LogP contribution in [0.3, 0.4) is 0 Å². The second-order valence-electron chi connectivity index (χ2n) is 13.7. The number of carbonyl (C=O) groups excluding carboxylic acids is 2. The van der Waals surface area contributed by atoms with E-state index in [4.69, 9.17) is 11.6 Å². The fourth-order valence-electron chi connectivity index (χ4n) is 6.16. The zero-order chi connectivity index (χ0) is 32.5. The average molecular weight is 643 g/mol. The molecule has 0 rings (SSSR count). The second kappa shape index (κ2) is 33.9. The Bertz CT molecular complexity index is 573. The fraction of sp³-hybridized carbons (Fsp3) is 0.949. The highest BCUT2D eigenvalue weighted by Crippen LogP contribution is 2.18. The van der Waals surface area contributed by atoms with E-state index in [0.29, 0.717) is 0 Å². The molecular weight excluding hydrogens is 568 g/mol. The van der Waals surface area contributed by atoms with Crippen LogP contribution in [0.2, 0.25) is 0 Å². The van der Waals surface area contributed by atoms with Gasteiger partial charge in [0.1, 0.15) is 12.2 Å². The van der Waals surface area contributed by atoms with E-state index in [1.54, 1.807) is 0 Å². The van der Waals surface area contributed by atoms with Crippen LogP contribution < -0.4 is 0 Å². The van der Waals surface area contributed by atoms with Crippen LogP contribution in [0.15, 0.2) is 0 Å². The number of hydrogen-bond acceptors (Lipinski definition) is 4. The van der Waals surface area contributed by atoms with Gasteiger partial charge in [0, 0.05) is 12.8 Å². The summed E-state index contributed by atoms with van der Waals surface area (Å²) in [7, 11) is 0. The summed E-state index contributed by atoms with van der Waals surface area (Å²) in [5, 5.41) is 19.4. The number of aliphatic hydroxyl groups is 2. The molecule has 0 saturated heterocycles. The molecule has 0 amide bonds. The molecule has 2 atom stereocenters. The van der Waals surface area contributed by atoms with E-state index >= 15 is 0 Å². The van der Waals surface area contributed by atoms with Gasteiger partial charge in [-0.05, 0) is 12.8 Å². The van der Waals surface area contributed by atoms with Crippen molar-refractivity contribution in [2.45, 2.75) is 237 Å². The van der Waals surface area contributed by atoms with E-state index in [1.165, 1.54) is 154 Å². The van der Waals surface area contributed by atoms with Gasteiger partial charge in [-0.2, -0.15) is 0 Å². The van der Waals surface area contributed by atoms with Gasteiger partial charge in [0.25, 0.3) is 0 Å². The number of ketones is 2. The first-order valence-electron chi connectivity index (χ1n) is 19.5. The number of aliphatic hydroxyl groups excluding tert-OH is 2. The van der Waals surface area contributed by atoms with Crippen molar-refractivity contribution < 1.29 is 19.8 Å². The van der Waals surface area contributed by atoms with Gasteiger partial charge in [-0.3, -0.25) is 9.59 Å². The number of hydrogen-bond donors (Lipinski definition) is 2. The summed E-state index contributed by atoms with van der Waals surface area (Å²) in [6.45, 7) is 4.53. The Hall–Kier alpha value is -0.450. The molecule has 0 aromatic heterocycles. The maximum Gasteiger partial charge on any atom is 0.162 e. The van der Waals surface area contributed by atoms with Gasteiger partial charge in [-0.15, -0.1) is 11.6 Å². The maximum absolute atomic E-state index is 12.4. The lowest BCUT2D eigenvalue weighted by Gasteiger charge is -2.20. The van der Waals surface area contributed by atoms with E-state index < -0.39 is 17.6 Å². The summed E-state index contributed by atoms with van der Waals surface area (Å²) in [5.74, 6) is -0.725. The first-order chi connectivity index (χ1) is 21.5. The minimum absolute atomic E-state index is 0.253. The summed E-state index contributed by atoms with van der Waals surface area (Å²) < 4.78 is 0. The molecule has 0 radical (unpaired) electrons. The topological polar surface area (TPSA) is 74.6 Å². The summed E-state index contributed by atoms with van der Waals surface area (Å²) in [6.07, 6.45) is 35.3. The second-order valence-corrected chi connectivity index (χ2v) is 14.2. The fourth-order valence-corrected chi connectivity index (χ4v) is 6.45. The van der Waals surface area contributed by atoms with Crippen LogP contribution in [0.5, 0.6) is 0 Å². The normalized spacial score (nSPS) is 13.7. The van der Waals surface area contributed by atoms with E-state index in [1.807, 2.05) is 0 Å². The van der Waals surface area contributed by atoms with Crippen LogP contribution >= 0.6 is 11.6 Å². The predicted molar refractivity (Wildman–Crippen MR) is 191 cm³/mol. The van der Waals surface area contributed by atoms with Crippen molar-refractivity contribution in [1.82, 2.24) is 0 Å². The minimum Gasteiger partial charge on any atom is -0.384 e. The molecule has 0 aliphatic carbocycles. The molecule has 0 aromatic rings. The predicted octanol–water partition coefficient (Wildman–Crippen LogP) is 12.0. The van der Waals surface area contributed by atoms with E-state index in [2.05, 4.69) is 13.8 Å². The highest BCUT2D eigenvalue weighted by molar-refractivity contribution is 6.24. The van der Waals surface area contributed by atoms with Gasteiger partial charge in [0.05, 0.1) is 5.38 Å². The third-order valence-corrected chi connectivity index (χ3v) is 9.79. The molecule has 0 aliphatic heterocycles. The van der Waals surface area contributed by atoms with Crippen molar-refractivity contribution >= 4 is 23.2 Å². The van der Waals surface area contributed by atoms with Crippen molar-refractivity contribution in [2.75, 3.05) is 0 Å². The number of carbonyl (C=O) groups is 2. The van der Waals surface area contributed by atoms with Crippen molar-refractivity contribution in [3.8, 4) is 0 Å². The Morgan fingerprint density at radius 3 is 0.773 bits per heavy atom. The largest absolute Gasteiger partial charge is 0.384 e. The molecule has 44 heavy (non-hydrogen) atoms. The lowest BCUT2D eigenvalue weighted by atomic mass is 9.97. The summed E-state index contributed by atoms with van der Waals surface area (Å²) in [4.78, 5) is 24.8.